The molecule has 12 aromatic rings. The summed E-state index contributed by atoms with van der Waals surface area (Å²) >= 11 is 43.3. The highest BCUT2D eigenvalue weighted by atomic mass is 79.9. The zero-order valence-corrected chi connectivity index (χ0v) is 83.0. The summed E-state index contributed by atoms with van der Waals surface area (Å²) < 4.78 is 25.0. The van der Waals surface area contributed by atoms with Gasteiger partial charge in [-0.25, -0.2) is 0 Å². The van der Waals surface area contributed by atoms with E-state index in [2.05, 4.69) is 80.8 Å². The van der Waals surface area contributed by atoms with E-state index in [1.165, 1.54) is 0 Å². The first kappa shape index (κ1) is 95.2. The standard InChI is InChI=1S/C36H40Cl2N4O2.C35H37Cl2N3O2.C34H34BrCl2N3O2/c1-20-14-25(18-26(15-20)41(6)7)39-36(43)31-19-30-29(11-12-32(37)34(30)33-23(4)40-42(8)24(33)5)28(31)10-9-13-44-27-16-21(2)35(38)22(3)17-27;1-20-10-12-25(13-11-20)39(6)35(41)30-19-29-28(14-15-31(36)33(29)32-23(4)38-40(7)24(32)5)27(30)9-8-16-42-26-17-21(2)34(37)22(3)18-26;1-18-12-23(35)16-24(13-18)38-34(41)29-17-28-27(9-10-30(36)32(28)31-21(4)39-40(6)22(31)5)26(29)8-7-11-42-25-14-19(2)33(37)20(3)15-25/h11-12,14-18H,9-10,13,19H2,1-8H3,(H,39,43);10-15,17-18H,8-9,16,19H2,1-7H3;9-10,12-16H,7-8,11,17H2,1-6H3,(H,38,41). The minimum absolute atomic E-state index is 0.00312. The van der Waals surface area contributed by atoms with Crippen molar-refractivity contribution in [3.63, 3.8) is 0 Å². The number of hydrogen-bond acceptors (Lipinski definition) is 10. The zero-order valence-electron chi connectivity index (χ0n) is 76.9. The summed E-state index contributed by atoms with van der Waals surface area (Å²) in [6.45, 7) is 31.7. The van der Waals surface area contributed by atoms with E-state index in [-0.39, 0.29) is 17.7 Å². The predicted octanol–water partition coefficient (Wildman–Crippen LogP) is 27.1. The summed E-state index contributed by atoms with van der Waals surface area (Å²) in [4.78, 5) is 45.8. The average Bonchev–Trinajstić information content (AvgIpc) is 1.59. The molecule has 3 amide bonds. The van der Waals surface area contributed by atoms with E-state index >= 15 is 0 Å². The van der Waals surface area contributed by atoms with Crippen LogP contribution < -0.4 is 34.6 Å². The van der Waals surface area contributed by atoms with Crippen LogP contribution in [0.2, 0.25) is 30.1 Å². The Morgan fingerprint density at radius 1 is 0.383 bits per heavy atom. The number of aromatic nitrogens is 6. The van der Waals surface area contributed by atoms with Gasteiger partial charge in [0.15, 0.2) is 0 Å². The smallest absolute Gasteiger partial charge is 0.254 e. The van der Waals surface area contributed by atoms with Crippen molar-refractivity contribution in [2.45, 2.75) is 162 Å². The van der Waals surface area contributed by atoms with E-state index in [1.54, 1.807) is 4.90 Å². The molecule has 23 heteroatoms. The molecule has 0 spiro atoms. The van der Waals surface area contributed by atoms with Crippen LogP contribution in [-0.4, -0.2) is 88.0 Å². The zero-order chi connectivity index (χ0) is 92.5. The molecule has 0 saturated carbocycles. The van der Waals surface area contributed by atoms with Gasteiger partial charge in [-0.2, -0.15) is 15.3 Å². The number of hydrogen-bond donors (Lipinski definition) is 2. The first-order valence-corrected chi connectivity index (χ1v) is 46.2. The number of likely N-dealkylation sites (N-methyl/N-ethyl adjacent to an activating group) is 1. The number of carbonyl (C=O) groups excluding carboxylic acids is 3. The molecular formula is C105H111BrCl6N10O6. The van der Waals surface area contributed by atoms with Crippen LogP contribution in [0.3, 0.4) is 0 Å². The molecule has 16 nitrogen and oxygen atoms in total. The fourth-order valence-corrected chi connectivity index (χ4v) is 19.7. The minimum Gasteiger partial charge on any atom is -0.494 e. The number of nitrogens with zero attached hydrogens (tertiary/aromatic N) is 8. The summed E-state index contributed by atoms with van der Waals surface area (Å²) in [6, 6.07) is 43.9. The molecule has 3 aliphatic rings. The fraction of sp³-hybridized carbons (Fsp3) is 0.314. The van der Waals surface area contributed by atoms with E-state index in [1.807, 2.05) is 260 Å². The highest BCUT2D eigenvalue weighted by molar-refractivity contribution is 9.10. The third kappa shape index (κ3) is 20.6. The maximum atomic E-state index is 14.1. The highest BCUT2D eigenvalue weighted by Gasteiger charge is 2.36. The monoisotopic (exact) mass is 1900 g/mol. The number of amides is 3. The molecule has 2 N–H and O–H groups in total. The maximum Gasteiger partial charge on any atom is 0.254 e. The number of benzene rings is 9. The van der Waals surface area contributed by atoms with E-state index in [0.29, 0.717) is 73.4 Å². The van der Waals surface area contributed by atoms with Crippen molar-refractivity contribution in [2.24, 2.45) is 21.1 Å². The molecule has 128 heavy (non-hydrogen) atoms. The lowest BCUT2D eigenvalue weighted by Gasteiger charge is -2.19. The molecule has 0 atom stereocenters. The number of ether oxygens (including phenoxy) is 3. The van der Waals surface area contributed by atoms with Gasteiger partial charge in [0.05, 0.1) is 36.9 Å². The quantitative estimate of drug-likeness (QED) is 0.0527. The maximum absolute atomic E-state index is 14.1. The first-order chi connectivity index (χ1) is 60.8. The molecule has 0 unspecified atom stereocenters. The van der Waals surface area contributed by atoms with Crippen molar-refractivity contribution in [3.8, 4) is 50.6 Å². The SMILES string of the molecule is Cc1cc(Br)cc(NC(=O)C2=C(CCCOc3cc(C)c(Cl)c(C)c3)c3ccc(Cl)c(-c4c(C)nn(C)c4C)c3C2)c1.Cc1cc(NC(=O)C2=C(CCCOc3cc(C)c(Cl)c(C)c3)c3ccc(Cl)c(-c4c(C)nn(C)c4C)c3C2)cc(N(C)C)c1.Cc1ccc(N(C)C(=O)C2=C(CCCOc3cc(C)c(Cl)c(C)c3)c3ccc(Cl)c(-c4c(C)nn(C)c4C)c3C2)cc1. The van der Waals surface area contributed by atoms with Crippen molar-refractivity contribution >= 4 is 143 Å². The van der Waals surface area contributed by atoms with Crippen LogP contribution in [0.1, 0.15) is 156 Å². The molecular weight excluding hydrogens is 1790 g/mol. The Bertz CT molecular complexity index is 6420. The lowest BCUT2D eigenvalue weighted by Crippen LogP contribution is -2.28. The van der Waals surface area contributed by atoms with Gasteiger partial charge in [0, 0.05) is 186 Å². The Morgan fingerprint density at radius 2 is 0.703 bits per heavy atom. The number of aryl methyl sites for hydroxylation is 15. The number of anilines is 4. The van der Waals surface area contributed by atoms with Gasteiger partial charge in [-0.3, -0.25) is 28.4 Å². The number of nitrogens with one attached hydrogen (secondary N) is 2. The van der Waals surface area contributed by atoms with Crippen molar-refractivity contribution in [1.82, 2.24) is 29.3 Å². The fourth-order valence-electron chi connectivity index (χ4n) is 18.0. The van der Waals surface area contributed by atoms with Crippen LogP contribution in [0.15, 0.2) is 155 Å². The van der Waals surface area contributed by atoms with Crippen molar-refractivity contribution in [3.05, 3.63) is 302 Å². The lowest BCUT2D eigenvalue weighted by molar-refractivity contribution is -0.115. The summed E-state index contributed by atoms with van der Waals surface area (Å²) in [5.74, 6) is 2.20. The Labute approximate surface area is 791 Å². The molecule has 0 radical (unpaired) electrons. The second-order valence-corrected chi connectivity index (χ2v) is 37.6. The van der Waals surface area contributed by atoms with Crippen LogP contribution in [0.5, 0.6) is 17.2 Å². The Kier molecular flexibility index (Phi) is 30.0. The van der Waals surface area contributed by atoms with Crippen LogP contribution in [-0.2, 0) is 54.8 Å². The summed E-state index contributed by atoms with van der Waals surface area (Å²) in [6.07, 6.45) is 5.80. The number of carbonyl (C=O) groups is 3. The van der Waals surface area contributed by atoms with Crippen LogP contribution >= 0.6 is 85.5 Å². The Balaban J connectivity index is 0.000000164. The van der Waals surface area contributed by atoms with Gasteiger partial charge in [0.1, 0.15) is 17.2 Å². The van der Waals surface area contributed by atoms with Gasteiger partial charge < -0.3 is 34.6 Å². The normalized spacial score (nSPS) is 12.6. The third-order valence-corrected chi connectivity index (χ3v) is 27.8. The summed E-state index contributed by atoms with van der Waals surface area (Å²) in [7, 11) is 11.7. The van der Waals surface area contributed by atoms with Gasteiger partial charge in [-0.05, 0) is 340 Å². The second kappa shape index (κ2) is 40.4. The highest BCUT2D eigenvalue weighted by Crippen LogP contribution is 2.51. The molecule has 3 aromatic heterocycles. The van der Waals surface area contributed by atoms with Gasteiger partial charge in [0.2, 0.25) is 0 Å². The third-order valence-electron chi connectivity index (χ3n) is 24.6. The number of fused-ring (bicyclic) bond motifs is 3. The average molecular weight is 1900 g/mol. The number of halogens is 7. The summed E-state index contributed by atoms with van der Waals surface area (Å²) in [5, 5.41) is 24.6. The first-order valence-electron chi connectivity index (χ1n) is 43.1. The molecule has 3 heterocycles. The molecule has 0 saturated heterocycles. The molecule has 15 rings (SSSR count). The van der Waals surface area contributed by atoms with Gasteiger partial charge in [-0.1, -0.05) is 121 Å². The van der Waals surface area contributed by atoms with Crippen molar-refractivity contribution < 1.29 is 28.6 Å². The van der Waals surface area contributed by atoms with E-state index < -0.39 is 0 Å². The van der Waals surface area contributed by atoms with Gasteiger partial charge in [-0.15, -0.1) is 0 Å². The van der Waals surface area contributed by atoms with Crippen molar-refractivity contribution in [2.75, 3.05) is 61.4 Å². The van der Waals surface area contributed by atoms with Gasteiger partial charge in [0.25, 0.3) is 17.7 Å². The van der Waals surface area contributed by atoms with Crippen LogP contribution in [0, 0.1) is 104 Å². The molecule has 3 aliphatic carbocycles. The van der Waals surface area contributed by atoms with E-state index in [9.17, 15) is 14.4 Å². The Morgan fingerprint density at radius 3 is 1.02 bits per heavy atom. The number of rotatable bonds is 25. The van der Waals surface area contributed by atoms with E-state index in [4.69, 9.17) is 83.8 Å². The topological polar surface area (TPSA) is 163 Å². The number of allylic oxidation sites excluding steroid dienone is 3. The lowest BCUT2D eigenvalue weighted by atomic mass is 9.93. The molecule has 9 aromatic carbocycles. The van der Waals surface area contributed by atoms with Crippen LogP contribution in [0.4, 0.5) is 22.7 Å². The second-order valence-electron chi connectivity index (χ2n) is 34.3. The predicted molar refractivity (Wildman–Crippen MR) is 534 cm³/mol. The minimum atomic E-state index is -0.106. The van der Waals surface area contributed by atoms with Crippen molar-refractivity contribution in [1.29, 1.82) is 0 Å². The van der Waals surface area contributed by atoms with Crippen LogP contribution in [0.25, 0.3) is 50.1 Å². The molecule has 666 valence electrons. The molecule has 0 fully saturated rings. The van der Waals surface area contributed by atoms with E-state index in [0.717, 1.165) is 263 Å². The summed E-state index contributed by atoms with van der Waals surface area (Å²) in [5.41, 5.74) is 36.4. The largest absolute Gasteiger partial charge is 0.494 e. The molecule has 0 aliphatic heterocycles. The molecule has 0 bridgehead atoms. The van der Waals surface area contributed by atoms with Gasteiger partial charge >= 0.3 is 0 Å². The Hall–Kier alpha value is -10.3.